The second kappa shape index (κ2) is 8.24. The highest BCUT2D eigenvalue weighted by molar-refractivity contribution is 7.97. The summed E-state index contributed by atoms with van der Waals surface area (Å²) in [5.41, 5.74) is 1.36. The molecule has 1 aromatic carbocycles. The monoisotopic (exact) mass is 407 g/mol. The standard InChI is InChI=1S/C19H20F3N5S/c1-12(2)26-28-14-4-5-16(15(9-14)17-10-27(3)11-24-17)25-18-8-13(6-7-23-18)19(20,21)22/h4-12,26H,1-3H3,(H,23,25). The lowest BCUT2D eigenvalue weighted by molar-refractivity contribution is -0.137. The number of rotatable bonds is 6. The number of halogens is 3. The molecule has 3 aromatic rings. The molecule has 0 atom stereocenters. The molecule has 148 valence electrons. The van der Waals surface area contributed by atoms with Gasteiger partial charge < -0.3 is 9.88 Å². The van der Waals surface area contributed by atoms with Crippen LogP contribution < -0.4 is 10.0 Å². The largest absolute Gasteiger partial charge is 0.416 e. The van der Waals surface area contributed by atoms with Gasteiger partial charge >= 0.3 is 6.18 Å². The number of pyridine rings is 1. The van der Waals surface area contributed by atoms with Crippen LogP contribution in [-0.2, 0) is 13.2 Å². The molecule has 9 heteroatoms. The normalized spacial score (nSPS) is 11.8. The van der Waals surface area contributed by atoms with E-state index < -0.39 is 11.7 Å². The van der Waals surface area contributed by atoms with Crippen LogP contribution in [0, 0.1) is 0 Å². The number of aryl methyl sites for hydroxylation is 1. The molecule has 0 fully saturated rings. The quantitative estimate of drug-likeness (QED) is 0.547. The van der Waals surface area contributed by atoms with Crippen molar-refractivity contribution in [2.24, 2.45) is 7.05 Å². The van der Waals surface area contributed by atoms with Crippen molar-refractivity contribution in [3.63, 3.8) is 0 Å². The molecule has 0 unspecified atom stereocenters. The van der Waals surface area contributed by atoms with E-state index in [0.29, 0.717) is 17.4 Å². The van der Waals surface area contributed by atoms with Crippen molar-refractivity contribution in [3.05, 3.63) is 54.6 Å². The van der Waals surface area contributed by atoms with Gasteiger partial charge in [0.1, 0.15) is 5.82 Å². The Morgan fingerprint density at radius 1 is 1.11 bits per heavy atom. The summed E-state index contributed by atoms with van der Waals surface area (Å²) >= 11 is 1.49. The van der Waals surface area contributed by atoms with Crippen molar-refractivity contribution < 1.29 is 13.2 Å². The van der Waals surface area contributed by atoms with Gasteiger partial charge in [-0.15, -0.1) is 0 Å². The van der Waals surface area contributed by atoms with Gasteiger partial charge in [0, 0.05) is 41.6 Å². The molecule has 2 N–H and O–H groups in total. The van der Waals surface area contributed by atoms with Crippen LogP contribution in [0.5, 0.6) is 0 Å². The summed E-state index contributed by atoms with van der Waals surface area (Å²) in [5, 5.41) is 2.99. The first-order valence-corrected chi connectivity index (χ1v) is 9.39. The summed E-state index contributed by atoms with van der Waals surface area (Å²) < 4.78 is 44.0. The summed E-state index contributed by atoms with van der Waals surface area (Å²) in [7, 11) is 1.86. The Labute approximate surface area is 165 Å². The van der Waals surface area contributed by atoms with Gasteiger partial charge in [0.15, 0.2) is 0 Å². The van der Waals surface area contributed by atoms with Gasteiger partial charge in [-0.2, -0.15) is 13.2 Å². The SMILES string of the molecule is CC(C)NSc1ccc(Nc2cc(C(F)(F)F)ccn2)c(-c2cn(C)cn2)c1. The van der Waals surface area contributed by atoms with Crippen molar-refractivity contribution in [1.29, 1.82) is 0 Å². The highest BCUT2D eigenvalue weighted by Crippen LogP contribution is 2.34. The van der Waals surface area contributed by atoms with Crippen molar-refractivity contribution in [1.82, 2.24) is 19.3 Å². The van der Waals surface area contributed by atoms with E-state index in [4.69, 9.17) is 0 Å². The van der Waals surface area contributed by atoms with E-state index in [1.807, 2.05) is 49.9 Å². The molecule has 0 aliphatic heterocycles. The molecule has 0 saturated heterocycles. The Bertz CT molecular complexity index is 953. The Balaban J connectivity index is 1.96. The van der Waals surface area contributed by atoms with Crippen molar-refractivity contribution in [2.45, 2.75) is 31.0 Å². The van der Waals surface area contributed by atoms with Gasteiger partial charge in [0.25, 0.3) is 0 Å². The van der Waals surface area contributed by atoms with Gasteiger partial charge in [-0.05, 0) is 56.1 Å². The van der Waals surface area contributed by atoms with Gasteiger partial charge in [-0.3, -0.25) is 4.72 Å². The Hall–Kier alpha value is -2.52. The first-order valence-electron chi connectivity index (χ1n) is 8.57. The molecule has 0 bridgehead atoms. The topological polar surface area (TPSA) is 54.8 Å². The summed E-state index contributed by atoms with van der Waals surface area (Å²) in [5.74, 6) is 0.118. The maximum absolute atomic E-state index is 13.0. The summed E-state index contributed by atoms with van der Waals surface area (Å²) in [4.78, 5) is 9.36. The molecule has 5 nitrogen and oxygen atoms in total. The van der Waals surface area contributed by atoms with E-state index in [1.165, 1.54) is 11.9 Å². The predicted molar refractivity (Wildman–Crippen MR) is 105 cm³/mol. The molecule has 2 heterocycles. The fourth-order valence-corrected chi connectivity index (χ4v) is 3.14. The lowest BCUT2D eigenvalue weighted by Gasteiger charge is -2.14. The zero-order valence-electron chi connectivity index (χ0n) is 15.6. The number of hydrogen-bond donors (Lipinski definition) is 2. The first kappa shape index (κ1) is 20.2. The number of alkyl halides is 3. The number of anilines is 2. The zero-order chi connectivity index (χ0) is 20.3. The molecule has 0 aliphatic carbocycles. The van der Waals surface area contributed by atoms with Crippen molar-refractivity contribution >= 4 is 23.5 Å². The van der Waals surface area contributed by atoms with Crippen molar-refractivity contribution in [3.8, 4) is 11.3 Å². The van der Waals surface area contributed by atoms with E-state index >= 15 is 0 Å². The highest BCUT2D eigenvalue weighted by Gasteiger charge is 2.30. The third kappa shape index (κ3) is 5.05. The molecule has 28 heavy (non-hydrogen) atoms. The van der Waals surface area contributed by atoms with Gasteiger partial charge in [0.05, 0.1) is 17.6 Å². The summed E-state index contributed by atoms with van der Waals surface area (Å²) in [6, 6.07) is 7.89. The lowest BCUT2D eigenvalue weighted by atomic mass is 10.1. The molecule has 0 amide bonds. The molecule has 0 radical (unpaired) electrons. The van der Waals surface area contributed by atoms with Crippen LogP contribution in [0.3, 0.4) is 0 Å². The average molecular weight is 407 g/mol. The minimum absolute atomic E-state index is 0.118. The minimum Gasteiger partial charge on any atom is -0.340 e. The maximum Gasteiger partial charge on any atom is 0.416 e. The lowest BCUT2D eigenvalue weighted by Crippen LogP contribution is -2.13. The van der Waals surface area contributed by atoms with Gasteiger partial charge in [-0.25, -0.2) is 9.97 Å². The number of hydrogen-bond acceptors (Lipinski definition) is 5. The first-order chi connectivity index (χ1) is 13.2. The summed E-state index contributed by atoms with van der Waals surface area (Å²) in [6.07, 6.45) is 0.243. The Kier molecular flexibility index (Phi) is 5.95. The fraction of sp³-hybridized carbons (Fsp3) is 0.263. The molecule has 0 saturated carbocycles. The fourth-order valence-electron chi connectivity index (χ4n) is 2.46. The molecule has 3 rings (SSSR count). The van der Waals surface area contributed by atoms with Crippen LogP contribution in [0.4, 0.5) is 24.7 Å². The third-order valence-corrected chi connectivity index (χ3v) is 4.81. The van der Waals surface area contributed by atoms with Crippen LogP contribution in [0.25, 0.3) is 11.3 Å². The second-order valence-electron chi connectivity index (χ2n) is 6.56. The Morgan fingerprint density at radius 3 is 2.54 bits per heavy atom. The number of nitrogens with zero attached hydrogens (tertiary/aromatic N) is 3. The maximum atomic E-state index is 13.0. The zero-order valence-corrected chi connectivity index (χ0v) is 16.4. The number of benzene rings is 1. The smallest absolute Gasteiger partial charge is 0.340 e. The van der Waals surface area contributed by atoms with E-state index in [0.717, 1.165) is 28.8 Å². The van der Waals surface area contributed by atoms with E-state index in [2.05, 4.69) is 20.0 Å². The average Bonchev–Trinajstić information content (AvgIpc) is 3.06. The molecule has 2 aromatic heterocycles. The third-order valence-electron chi connectivity index (χ3n) is 3.73. The number of nitrogens with one attached hydrogen (secondary N) is 2. The molecule has 0 spiro atoms. The molecule has 0 aliphatic rings. The highest BCUT2D eigenvalue weighted by atomic mass is 32.2. The summed E-state index contributed by atoms with van der Waals surface area (Å²) in [6.45, 7) is 4.09. The Morgan fingerprint density at radius 2 is 1.89 bits per heavy atom. The van der Waals surface area contributed by atoms with E-state index in [-0.39, 0.29) is 5.82 Å². The minimum atomic E-state index is -4.42. The van der Waals surface area contributed by atoms with E-state index in [9.17, 15) is 13.2 Å². The van der Waals surface area contributed by atoms with Gasteiger partial charge in [-0.1, -0.05) is 0 Å². The van der Waals surface area contributed by atoms with E-state index in [1.54, 1.807) is 6.33 Å². The van der Waals surface area contributed by atoms with Gasteiger partial charge in [0.2, 0.25) is 0 Å². The van der Waals surface area contributed by atoms with Crippen molar-refractivity contribution in [2.75, 3.05) is 5.32 Å². The van der Waals surface area contributed by atoms with Crippen LogP contribution in [0.1, 0.15) is 19.4 Å². The molecular formula is C19H20F3N5S. The molecular weight excluding hydrogens is 387 g/mol. The second-order valence-corrected chi connectivity index (χ2v) is 7.47. The predicted octanol–water partition coefficient (Wildman–Crippen LogP) is 5.25. The van der Waals surface area contributed by atoms with Crippen LogP contribution in [-0.4, -0.2) is 20.6 Å². The van der Waals surface area contributed by atoms with Crippen LogP contribution >= 0.6 is 11.9 Å². The number of imidazole rings is 1. The van der Waals surface area contributed by atoms with Crippen LogP contribution in [0.15, 0.2) is 53.9 Å². The number of aromatic nitrogens is 3. The van der Waals surface area contributed by atoms with Crippen LogP contribution in [0.2, 0.25) is 0 Å².